The summed E-state index contributed by atoms with van der Waals surface area (Å²) in [5, 5.41) is 12.3. The molecule has 0 bridgehead atoms. The number of rotatable bonds is 6. The molecule has 2 fully saturated rings. The SMILES string of the molecule is CC(C)CN1CCC(CNC(=O)N2CCCCC2CCO)C1. The molecule has 2 saturated heterocycles. The van der Waals surface area contributed by atoms with Crippen LogP contribution in [0.3, 0.4) is 0 Å². The third-order valence-electron chi connectivity index (χ3n) is 4.89. The minimum Gasteiger partial charge on any atom is -0.396 e. The summed E-state index contributed by atoms with van der Waals surface area (Å²) in [7, 11) is 0. The van der Waals surface area contributed by atoms with Gasteiger partial charge in [0.05, 0.1) is 0 Å². The van der Waals surface area contributed by atoms with E-state index in [1.165, 1.54) is 12.8 Å². The maximum atomic E-state index is 12.4. The zero-order valence-electron chi connectivity index (χ0n) is 14.3. The maximum Gasteiger partial charge on any atom is 0.317 e. The summed E-state index contributed by atoms with van der Waals surface area (Å²) in [5.74, 6) is 1.30. The molecule has 128 valence electrons. The monoisotopic (exact) mass is 311 g/mol. The van der Waals surface area contributed by atoms with Gasteiger partial charge in [-0.2, -0.15) is 0 Å². The van der Waals surface area contributed by atoms with Gasteiger partial charge in [-0.15, -0.1) is 0 Å². The van der Waals surface area contributed by atoms with Crippen LogP contribution in [0.25, 0.3) is 0 Å². The summed E-state index contributed by atoms with van der Waals surface area (Å²) in [4.78, 5) is 16.9. The minimum atomic E-state index is 0.0699. The summed E-state index contributed by atoms with van der Waals surface area (Å²) < 4.78 is 0. The van der Waals surface area contributed by atoms with Gasteiger partial charge in [-0.05, 0) is 50.5 Å². The number of carbonyl (C=O) groups is 1. The van der Waals surface area contributed by atoms with Gasteiger partial charge in [-0.1, -0.05) is 13.8 Å². The standard InChI is InChI=1S/C17H33N3O2/c1-14(2)12-19-9-6-15(13-19)11-18-17(22)20-8-4-3-5-16(20)7-10-21/h14-16,21H,3-13H2,1-2H3,(H,18,22). The van der Waals surface area contributed by atoms with Crippen LogP contribution >= 0.6 is 0 Å². The molecule has 0 aromatic carbocycles. The molecule has 0 aliphatic carbocycles. The first kappa shape index (κ1) is 17.5. The van der Waals surface area contributed by atoms with E-state index in [-0.39, 0.29) is 18.7 Å². The fourth-order valence-corrected chi connectivity index (χ4v) is 3.81. The van der Waals surface area contributed by atoms with E-state index in [0.29, 0.717) is 18.3 Å². The van der Waals surface area contributed by atoms with Crippen LogP contribution in [-0.2, 0) is 0 Å². The van der Waals surface area contributed by atoms with Crippen molar-refractivity contribution in [2.45, 2.75) is 52.0 Å². The van der Waals surface area contributed by atoms with E-state index in [0.717, 1.165) is 45.6 Å². The van der Waals surface area contributed by atoms with Gasteiger partial charge < -0.3 is 20.2 Å². The smallest absolute Gasteiger partial charge is 0.317 e. The fourth-order valence-electron chi connectivity index (χ4n) is 3.81. The molecule has 2 amide bonds. The molecular formula is C17H33N3O2. The molecular weight excluding hydrogens is 278 g/mol. The predicted molar refractivity (Wildman–Crippen MR) is 88.8 cm³/mol. The van der Waals surface area contributed by atoms with Crippen LogP contribution in [0.15, 0.2) is 0 Å². The van der Waals surface area contributed by atoms with Crippen molar-refractivity contribution in [3.8, 4) is 0 Å². The minimum absolute atomic E-state index is 0.0699. The lowest BCUT2D eigenvalue weighted by Gasteiger charge is -2.35. The molecule has 2 aliphatic heterocycles. The van der Waals surface area contributed by atoms with Gasteiger partial charge in [0, 0.05) is 38.8 Å². The van der Waals surface area contributed by atoms with Gasteiger partial charge in [0.2, 0.25) is 0 Å². The Hall–Kier alpha value is -0.810. The highest BCUT2D eigenvalue weighted by Crippen LogP contribution is 2.20. The maximum absolute atomic E-state index is 12.4. The lowest BCUT2D eigenvalue weighted by atomic mass is 10.00. The van der Waals surface area contributed by atoms with Crippen molar-refractivity contribution in [2.75, 3.05) is 39.3 Å². The van der Waals surface area contributed by atoms with E-state index in [1.807, 2.05) is 4.90 Å². The third-order valence-corrected chi connectivity index (χ3v) is 4.89. The Morgan fingerprint density at radius 2 is 2.09 bits per heavy atom. The van der Waals surface area contributed by atoms with E-state index in [2.05, 4.69) is 24.1 Å². The number of aliphatic hydroxyl groups is 1. The molecule has 22 heavy (non-hydrogen) atoms. The number of nitrogens with one attached hydrogen (secondary N) is 1. The third kappa shape index (κ3) is 5.13. The normalized spacial score (nSPS) is 26.6. The second kappa shape index (κ2) is 8.73. The number of carbonyl (C=O) groups excluding carboxylic acids is 1. The quantitative estimate of drug-likeness (QED) is 0.788. The number of hydrogen-bond donors (Lipinski definition) is 2. The molecule has 5 nitrogen and oxygen atoms in total. The van der Waals surface area contributed by atoms with E-state index in [9.17, 15) is 4.79 Å². The summed E-state index contributed by atoms with van der Waals surface area (Å²) in [6, 6.07) is 0.292. The number of likely N-dealkylation sites (tertiary alicyclic amines) is 2. The molecule has 0 saturated carbocycles. The number of amides is 2. The number of aliphatic hydroxyl groups excluding tert-OH is 1. The Kier molecular flexibility index (Phi) is 6.96. The molecule has 0 spiro atoms. The van der Waals surface area contributed by atoms with Crippen LogP contribution in [0.1, 0.15) is 46.0 Å². The van der Waals surface area contributed by atoms with Gasteiger partial charge in [0.25, 0.3) is 0 Å². The van der Waals surface area contributed by atoms with E-state index < -0.39 is 0 Å². The Labute approximate surface area is 135 Å². The fraction of sp³-hybridized carbons (Fsp3) is 0.941. The summed E-state index contributed by atoms with van der Waals surface area (Å²) >= 11 is 0. The zero-order valence-corrected chi connectivity index (χ0v) is 14.3. The van der Waals surface area contributed by atoms with Crippen LogP contribution < -0.4 is 5.32 Å². The molecule has 2 rings (SSSR count). The largest absolute Gasteiger partial charge is 0.396 e. The van der Waals surface area contributed by atoms with Gasteiger partial charge in [0.1, 0.15) is 0 Å². The van der Waals surface area contributed by atoms with Crippen LogP contribution in [0.4, 0.5) is 4.79 Å². The number of piperidine rings is 1. The van der Waals surface area contributed by atoms with Crippen molar-refractivity contribution < 1.29 is 9.90 Å². The molecule has 2 N–H and O–H groups in total. The van der Waals surface area contributed by atoms with Crippen molar-refractivity contribution in [3.63, 3.8) is 0 Å². The van der Waals surface area contributed by atoms with E-state index >= 15 is 0 Å². The molecule has 5 heteroatoms. The van der Waals surface area contributed by atoms with Gasteiger partial charge in [-0.25, -0.2) is 4.79 Å². The lowest BCUT2D eigenvalue weighted by Crippen LogP contribution is -2.50. The number of nitrogens with zero attached hydrogens (tertiary/aromatic N) is 2. The number of urea groups is 1. The van der Waals surface area contributed by atoms with Crippen molar-refractivity contribution in [3.05, 3.63) is 0 Å². The topological polar surface area (TPSA) is 55.8 Å². The second-order valence-electron chi connectivity index (χ2n) is 7.35. The van der Waals surface area contributed by atoms with Crippen LogP contribution in [0, 0.1) is 11.8 Å². The predicted octanol–water partition coefficient (Wildman–Crippen LogP) is 1.91. The Balaban J connectivity index is 1.73. The highest BCUT2D eigenvalue weighted by Gasteiger charge is 2.28. The summed E-state index contributed by atoms with van der Waals surface area (Å²) in [6.45, 7) is 9.74. The number of hydrogen-bond acceptors (Lipinski definition) is 3. The molecule has 0 aromatic heterocycles. The average Bonchev–Trinajstić information content (AvgIpc) is 2.92. The van der Waals surface area contributed by atoms with Gasteiger partial charge >= 0.3 is 6.03 Å². The van der Waals surface area contributed by atoms with Crippen LogP contribution in [0.2, 0.25) is 0 Å². The van der Waals surface area contributed by atoms with Crippen molar-refractivity contribution in [1.29, 1.82) is 0 Å². The molecule has 2 unspecified atom stereocenters. The molecule has 0 radical (unpaired) electrons. The molecule has 2 atom stereocenters. The molecule has 2 heterocycles. The Morgan fingerprint density at radius 3 is 2.82 bits per heavy atom. The van der Waals surface area contributed by atoms with Crippen molar-refractivity contribution in [1.82, 2.24) is 15.1 Å². The van der Waals surface area contributed by atoms with E-state index in [1.54, 1.807) is 0 Å². The first-order chi connectivity index (χ1) is 10.6. The highest BCUT2D eigenvalue weighted by atomic mass is 16.3. The van der Waals surface area contributed by atoms with Crippen molar-refractivity contribution in [2.24, 2.45) is 11.8 Å². The summed E-state index contributed by atoms with van der Waals surface area (Å²) in [6.07, 6.45) is 5.17. The van der Waals surface area contributed by atoms with Crippen LogP contribution in [0.5, 0.6) is 0 Å². The van der Waals surface area contributed by atoms with Gasteiger partial charge in [0.15, 0.2) is 0 Å². The highest BCUT2D eigenvalue weighted by molar-refractivity contribution is 5.74. The van der Waals surface area contributed by atoms with Crippen LogP contribution in [-0.4, -0.2) is 66.3 Å². The first-order valence-electron chi connectivity index (χ1n) is 8.97. The van der Waals surface area contributed by atoms with Crippen molar-refractivity contribution >= 4 is 6.03 Å². The lowest BCUT2D eigenvalue weighted by molar-refractivity contribution is 0.131. The van der Waals surface area contributed by atoms with Gasteiger partial charge in [-0.3, -0.25) is 0 Å². The second-order valence-corrected chi connectivity index (χ2v) is 7.35. The average molecular weight is 311 g/mol. The van der Waals surface area contributed by atoms with E-state index in [4.69, 9.17) is 5.11 Å². The summed E-state index contributed by atoms with van der Waals surface area (Å²) in [5.41, 5.74) is 0. The molecule has 2 aliphatic rings. The zero-order chi connectivity index (χ0) is 15.9. The molecule has 0 aromatic rings. The Bertz CT molecular complexity index is 347. The first-order valence-corrected chi connectivity index (χ1v) is 8.97. The Morgan fingerprint density at radius 1 is 1.27 bits per heavy atom.